The molecule has 0 amide bonds. The van der Waals surface area contributed by atoms with Crippen molar-refractivity contribution < 1.29 is 22.3 Å². The number of methoxy groups -OCH3 is 1. The van der Waals surface area contributed by atoms with Crippen LogP contribution in [0.25, 0.3) is 0 Å². The molecule has 0 aliphatic rings. The quantitative estimate of drug-likeness (QED) is 0.425. The summed E-state index contributed by atoms with van der Waals surface area (Å²) in [6, 6.07) is 12.2. The monoisotopic (exact) mass is 392 g/mol. The highest BCUT2D eigenvalue weighted by molar-refractivity contribution is 7.89. The Kier molecular flexibility index (Phi) is 7.06. The van der Waals surface area contributed by atoms with Crippen LogP contribution in [0.1, 0.15) is 30.4 Å². The summed E-state index contributed by atoms with van der Waals surface area (Å²) < 4.78 is 43.5. The normalized spacial score (nSPS) is 11.9. The number of carbonyl (C=O) groups excluding carboxylic acids is 1. The molecule has 144 valence electrons. The molecule has 0 aromatic heterocycles. The number of ether oxygens (including phenoxy) is 1. The minimum atomic E-state index is -3.89. The topological polar surface area (TPSA) is 84.8 Å². The number of nitrogens with zero attached hydrogens (tertiary/aromatic N) is 1. The summed E-state index contributed by atoms with van der Waals surface area (Å²) >= 11 is 0. The number of benzene rings is 2. The van der Waals surface area contributed by atoms with Crippen LogP contribution in [-0.4, -0.2) is 27.2 Å². The number of hydrogen-bond donors (Lipinski definition) is 1. The van der Waals surface area contributed by atoms with Crippen molar-refractivity contribution in [2.75, 3.05) is 7.11 Å². The second kappa shape index (κ2) is 9.27. The van der Waals surface area contributed by atoms with Gasteiger partial charge in [-0.05, 0) is 38.0 Å². The lowest BCUT2D eigenvalue weighted by atomic mass is 10.0. The smallest absolute Gasteiger partial charge is 0.305 e. The number of nitrogens with one attached hydrogen (secondary N) is 1. The summed E-state index contributed by atoms with van der Waals surface area (Å²) in [6.07, 6.45) is 0.660. The number of aryl methyl sites for hydroxylation is 1. The van der Waals surface area contributed by atoms with Crippen LogP contribution >= 0.6 is 0 Å². The summed E-state index contributed by atoms with van der Waals surface area (Å²) in [6.45, 7) is 1.85. The Morgan fingerprint density at radius 1 is 1.11 bits per heavy atom. The van der Waals surface area contributed by atoms with E-state index in [0.29, 0.717) is 6.42 Å². The maximum Gasteiger partial charge on any atom is 0.305 e. The van der Waals surface area contributed by atoms with Gasteiger partial charge in [0.05, 0.1) is 17.7 Å². The first kappa shape index (κ1) is 20.6. The Morgan fingerprint density at radius 2 is 1.78 bits per heavy atom. The first-order valence-electron chi connectivity index (χ1n) is 8.30. The molecule has 6 nitrogen and oxygen atoms in total. The van der Waals surface area contributed by atoms with E-state index in [0.717, 1.165) is 5.56 Å². The molecule has 0 bridgehead atoms. The van der Waals surface area contributed by atoms with Crippen LogP contribution in [0, 0.1) is 12.7 Å². The van der Waals surface area contributed by atoms with Crippen molar-refractivity contribution in [2.45, 2.75) is 31.1 Å². The van der Waals surface area contributed by atoms with Gasteiger partial charge in [0.15, 0.2) is 0 Å². The minimum Gasteiger partial charge on any atom is -0.469 e. The van der Waals surface area contributed by atoms with Gasteiger partial charge in [0, 0.05) is 12.0 Å². The van der Waals surface area contributed by atoms with E-state index < -0.39 is 21.8 Å². The zero-order valence-corrected chi connectivity index (χ0v) is 15.9. The number of rotatable bonds is 8. The van der Waals surface area contributed by atoms with Gasteiger partial charge in [-0.3, -0.25) is 4.79 Å². The Hall–Kier alpha value is -2.74. The third-order valence-electron chi connectivity index (χ3n) is 3.84. The van der Waals surface area contributed by atoms with Gasteiger partial charge in [-0.2, -0.15) is 18.4 Å². The number of sulfonamides is 1. The molecule has 0 unspecified atom stereocenters. The highest BCUT2D eigenvalue weighted by Gasteiger charge is 2.15. The largest absolute Gasteiger partial charge is 0.469 e. The molecule has 0 saturated heterocycles. The van der Waals surface area contributed by atoms with E-state index >= 15 is 0 Å². The van der Waals surface area contributed by atoms with Gasteiger partial charge in [-0.1, -0.05) is 35.9 Å². The van der Waals surface area contributed by atoms with E-state index in [2.05, 4.69) is 14.7 Å². The van der Waals surface area contributed by atoms with Gasteiger partial charge >= 0.3 is 5.97 Å². The molecule has 0 atom stereocenters. The van der Waals surface area contributed by atoms with Crippen molar-refractivity contribution in [1.82, 2.24) is 4.83 Å². The average molecular weight is 392 g/mol. The van der Waals surface area contributed by atoms with E-state index in [1.54, 1.807) is 18.2 Å². The van der Waals surface area contributed by atoms with Crippen LogP contribution in [0.5, 0.6) is 0 Å². The molecule has 1 N–H and O–H groups in total. The van der Waals surface area contributed by atoms with Gasteiger partial charge in [-0.25, -0.2) is 4.39 Å². The van der Waals surface area contributed by atoms with E-state index in [9.17, 15) is 17.6 Å². The predicted octanol–water partition coefficient (Wildman–Crippen LogP) is 3.16. The van der Waals surface area contributed by atoms with E-state index in [1.165, 1.54) is 37.4 Å². The number of hydrazone groups is 1. The fraction of sp³-hybridized carbons (Fsp3) is 0.263. The zero-order valence-electron chi connectivity index (χ0n) is 15.1. The SMILES string of the molecule is COC(=O)CCC/C(=N\NS(=O)(=O)c1ccc(C)cc1)c1ccccc1F. The van der Waals surface area contributed by atoms with Crippen molar-refractivity contribution in [3.63, 3.8) is 0 Å². The van der Waals surface area contributed by atoms with Crippen LogP contribution in [-0.2, 0) is 19.6 Å². The molecule has 2 rings (SSSR count). The van der Waals surface area contributed by atoms with E-state index in [-0.39, 0.29) is 29.0 Å². The number of esters is 1. The van der Waals surface area contributed by atoms with Crippen LogP contribution < -0.4 is 4.83 Å². The van der Waals surface area contributed by atoms with Crippen LogP contribution in [0.2, 0.25) is 0 Å². The highest BCUT2D eigenvalue weighted by atomic mass is 32.2. The molecule has 0 radical (unpaired) electrons. The third kappa shape index (κ3) is 5.89. The average Bonchev–Trinajstić information content (AvgIpc) is 2.65. The van der Waals surface area contributed by atoms with Gasteiger partial charge in [0.2, 0.25) is 0 Å². The fourth-order valence-electron chi connectivity index (χ4n) is 2.33. The van der Waals surface area contributed by atoms with Crippen molar-refractivity contribution in [1.29, 1.82) is 0 Å². The molecular weight excluding hydrogens is 371 g/mol. The van der Waals surface area contributed by atoms with Crippen molar-refractivity contribution in [2.24, 2.45) is 5.10 Å². The van der Waals surface area contributed by atoms with Crippen molar-refractivity contribution in [3.05, 3.63) is 65.5 Å². The van der Waals surface area contributed by atoms with Gasteiger partial charge in [0.1, 0.15) is 5.82 Å². The Balaban J connectivity index is 2.25. The molecule has 0 heterocycles. The van der Waals surface area contributed by atoms with E-state index in [1.807, 2.05) is 6.92 Å². The Bertz CT molecular complexity index is 925. The first-order chi connectivity index (χ1) is 12.8. The zero-order chi connectivity index (χ0) is 19.9. The summed E-state index contributed by atoms with van der Waals surface area (Å²) in [7, 11) is -2.61. The molecule has 0 aliphatic carbocycles. The first-order valence-corrected chi connectivity index (χ1v) is 9.78. The van der Waals surface area contributed by atoms with Crippen LogP contribution in [0.4, 0.5) is 4.39 Å². The molecule has 27 heavy (non-hydrogen) atoms. The number of carbonyl (C=O) groups is 1. The fourth-order valence-corrected chi connectivity index (χ4v) is 3.16. The third-order valence-corrected chi connectivity index (χ3v) is 5.06. The predicted molar refractivity (Wildman–Crippen MR) is 100 cm³/mol. The molecular formula is C19H21FN2O4S. The number of halogens is 1. The Labute approximate surface area is 158 Å². The second-order valence-corrected chi connectivity index (χ2v) is 7.54. The van der Waals surface area contributed by atoms with Crippen LogP contribution in [0.15, 0.2) is 58.5 Å². The van der Waals surface area contributed by atoms with Gasteiger partial charge < -0.3 is 4.74 Å². The lowest BCUT2D eigenvalue weighted by Crippen LogP contribution is -2.21. The minimum absolute atomic E-state index is 0.0549. The molecule has 2 aromatic rings. The summed E-state index contributed by atoms with van der Waals surface area (Å²) in [5.74, 6) is -0.924. The van der Waals surface area contributed by atoms with Crippen molar-refractivity contribution >= 4 is 21.7 Å². The van der Waals surface area contributed by atoms with Gasteiger partial charge in [-0.15, -0.1) is 0 Å². The number of hydrogen-bond acceptors (Lipinski definition) is 5. The molecule has 8 heteroatoms. The second-order valence-electron chi connectivity index (χ2n) is 5.88. The molecule has 0 saturated carbocycles. The highest BCUT2D eigenvalue weighted by Crippen LogP contribution is 2.14. The van der Waals surface area contributed by atoms with Crippen molar-refractivity contribution in [3.8, 4) is 0 Å². The van der Waals surface area contributed by atoms with Crippen LogP contribution in [0.3, 0.4) is 0 Å². The summed E-state index contributed by atoms with van der Waals surface area (Å²) in [5, 5.41) is 3.93. The molecule has 2 aromatic carbocycles. The lowest BCUT2D eigenvalue weighted by molar-refractivity contribution is -0.140. The maximum absolute atomic E-state index is 14.1. The molecule has 0 spiro atoms. The Morgan fingerprint density at radius 3 is 2.41 bits per heavy atom. The molecule has 0 fully saturated rings. The molecule has 0 aliphatic heterocycles. The maximum atomic E-state index is 14.1. The van der Waals surface area contributed by atoms with E-state index in [4.69, 9.17) is 0 Å². The summed E-state index contributed by atoms with van der Waals surface area (Å²) in [5.41, 5.74) is 1.30. The lowest BCUT2D eigenvalue weighted by Gasteiger charge is -2.10. The summed E-state index contributed by atoms with van der Waals surface area (Å²) in [4.78, 5) is 13.5. The van der Waals surface area contributed by atoms with Gasteiger partial charge in [0.25, 0.3) is 10.0 Å². The standard InChI is InChI=1S/C19H21FN2O4S/c1-14-10-12-15(13-11-14)27(24,25)22-21-18(8-5-9-19(23)26-2)16-6-3-4-7-17(16)20/h3-4,6-7,10-13,22H,5,8-9H2,1-2H3/b21-18+.